The fourth-order valence-corrected chi connectivity index (χ4v) is 8.43. The summed E-state index contributed by atoms with van der Waals surface area (Å²) in [4.78, 5) is 8.56. The van der Waals surface area contributed by atoms with Gasteiger partial charge in [0.25, 0.3) is 0 Å². The third-order valence-electron chi connectivity index (χ3n) is 6.40. The van der Waals surface area contributed by atoms with E-state index in [0.717, 1.165) is 0 Å². The van der Waals surface area contributed by atoms with Crippen molar-refractivity contribution in [3.05, 3.63) is 0 Å². The number of hydrogen-bond acceptors (Lipinski definition) is 1. The molecule has 2 N–H and O–H groups in total. The Morgan fingerprint density at radius 3 is 0.933 bits per heavy atom. The van der Waals surface area contributed by atoms with Crippen molar-refractivity contribution in [2.24, 2.45) is 0 Å². The quantitative estimate of drug-likeness (QED) is 0.136. The van der Waals surface area contributed by atoms with E-state index in [1.165, 1.54) is 116 Å². The zero-order valence-electron chi connectivity index (χ0n) is 21.2. The summed E-state index contributed by atoms with van der Waals surface area (Å²) in [6.07, 6.45) is 29.6. The third kappa shape index (κ3) is 27.7. The van der Waals surface area contributed by atoms with Crippen LogP contribution in [0.2, 0.25) is 0 Å². The molecule has 0 saturated carbocycles. The van der Waals surface area contributed by atoms with E-state index in [-0.39, 0.29) is 0 Å². The molecule has 30 heavy (non-hydrogen) atoms. The average Bonchev–Trinajstić information content (AvgIpc) is 2.70. The van der Waals surface area contributed by atoms with Crippen LogP contribution in [0.4, 0.5) is 4.79 Å². The van der Waals surface area contributed by atoms with E-state index in [9.17, 15) is 0 Å². The largest absolute Gasteiger partial charge is 0.503 e. The maximum absolute atomic E-state index is 8.56. The second kappa shape index (κ2) is 25.0. The van der Waals surface area contributed by atoms with E-state index in [0.29, 0.717) is 0 Å². The molecule has 0 saturated heterocycles. The number of hydrogen-bond donors (Lipinski definition) is 2. The molecular formula is C26H57O3P. The summed E-state index contributed by atoms with van der Waals surface area (Å²) in [5.74, 6) is 0. The van der Waals surface area contributed by atoms with Crippen LogP contribution in [-0.4, -0.2) is 41.5 Å². The van der Waals surface area contributed by atoms with E-state index >= 15 is 0 Å². The van der Waals surface area contributed by atoms with Gasteiger partial charge in [0.15, 0.2) is 0 Å². The van der Waals surface area contributed by atoms with E-state index in [1.54, 1.807) is 18.5 Å². The molecule has 184 valence electrons. The summed E-state index contributed by atoms with van der Waals surface area (Å²) in [5.41, 5.74) is 0. The first-order chi connectivity index (χ1) is 14.4. The van der Waals surface area contributed by atoms with Crippen molar-refractivity contribution in [2.75, 3.05) is 25.2 Å². The molecule has 0 aliphatic carbocycles. The molecular weight excluding hydrogens is 391 g/mol. The first-order valence-electron chi connectivity index (χ1n) is 13.3. The van der Waals surface area contributed by atoms with Gasteiger partial charge in [0.1, 0.15) is 0 Å². The zero-order chi connectivity index (χ0) is 22.9. The van der Waals surface area contributed by atoms with Gasteiger partial charge in [-0.25, -0.2) is 4.79 Å². The molecule has 0 rings (SSSR count). The summed E-state index contributed by atoms with van der Waals surface area (Å²) < 4.78 is 0. The van der Waals surface area contributed by atoms with Crippen molar-refractivity contribution in [2.45, 2.75) is 136 Å². The standard InChI is InChI=1S/C25H55P.CH2O3/c1-5-8-11-14-17-20-23-26(4,24-21-18-15-12-9-6-2)25-22-19-16-13-10-7-3;2-1(3)4/h26H,5-25H2,1-4H3;(H2,2,3,4). The minimum absolute atomic E-state index is 0.955. The fraction of sp³-hybridized carbons (Fsp3) is 0.962. The number of carbonyl (C=O) groups is 1. The molecule has 0 aromatic rings. The van der Waals surface area contributed by atoms with Crippen LogP contribution in [0.1, 0.15) is 136 Å². The van der Waals surface area contributed by atoms with Crippen LogP contribution in [0.15, 0.2) is 0 Å². The summed E-state index contributed by atoms with van der Waals surface area (Å²) in [5, 5.41) is 13.9. The average molecular weight is 449 g/mol. The molecule has 0 atom stereocenters. The molecule has 0 aliphatic rings. The van der Waals surface area contributed by atoms with E-state index in [1.807, 2.05) is 0 Å². The summed E-state index contributed by atoms with van der Waals surface area (Å²) >= 11 is 0. The predicted octanol–water partition coefficient (Wildman–Crippen LogP) is 9.67. The molecule has 3 nitrogen and oxygen atoms in total. The van der Waals surface area contributed by atoms with Gasteiger partial charge < -0.3 is 10.2 Å². The van der Waals surface area contributed by atoms with Gasteiger partial charge >= 0.3 is 175 Å². The first-order valence-corrected chi connectivity index (χ1v) is 16.5. The van der Waals surface area contributed by atoms with Gasteiger partial charge in [-0.05, 0) is 0 Å². The van der Waals surface area contributed by atoms with Crippen LogP contribution >= 0.6 is 7.26 Å². The third-order valence-corrected chi connectivity index (χ3v) is 11.1. The van der Waals surface area contributed by atoms with Gasteiger partial charge in [-0.15, -0.1) is 0 Å². The van der Waals surface area contributed by atoms with E-state index in [4.69, 9.17) is 15.0 Å². The van der Waals surface area contributed by atoms with Crippen LogP contribution in [0.5, 0.6) is 0 Å². The zero-order valence-corrected chi connectivity index (χ0v) is 22.2. The molecule has 0 spiro atoms. The predicted molar refractivity (Wildman–Crippen MR) is 140 cm³/mol. The van der Waals surface area contributed by atoms with Crippen molar-refractivity contribution in [3.8, 4) is 0 Å². The monoisotopic (exact) mass is 448 g/mol. The molecule has 0 radical (unpaired) electrons. The second-order valence-electron chi connectivity index (χ2n) is 9.65. The van der Waals surface area contributed by atoms with Gasteiger partial charge in [-0.1, -0.05) is 0 Å². The van der Waals surface area contributed by atoms with Crippen molar-refractivity contribution in [1.29, 1.82) is 0 Å². The van der Waals surface area contributed by atoms with Gasteiger partial charge in [0.05, 0.1) is 0 Å². The van der Waals surface area contributed by atoms with Crippen molar-refractivity contribution in [3.63, 3.8) is 0 Å². The van der Waals surface area contributed by atoms with Gasteiger partial charge in [-0.2, -0.15) is 0 Å². The van der Waals surface area contributed by atoms with Crippen molar-refractivity contribution >= 4 is 13.4 Å². The van der Waals surface area contributed by atoms with Crippen molar-refractivity contribution < 1.29 is 15.0 Å². The van der Waals surface area contributed by atoms with Gasteiger partial charge in [0.2, 0.25) is 0 Å². The maximum Gasteiger partial charge on any atom is 0.503 e. The molecule has 0 amide bonds. The summed E-state index contributed by atoms with van der Waals surface area (Å²) in [7, 11) is -0.955. The Bertz CT molecular complexity index is 302. The number of unbranched alkanes of at least 4 members (excludes halogenated alkanes) is 15. The molecule has 0 bridgehead atoms. The van der Waals surface area contributed by atoms with Crippen LogP contribution in [-0.2, 0) is 0 Å². The Morgan fingerprint density at radius 1 is 0.500 bits per heavy atom. The molecule has 0 unspecified atom stereocenters. The van der Waals surface area contributed by atoms with E-state index < -0.39 is 13.4 Å². The molecule has 4 heteroatoms. The molecule has 0 aromatic heterocycles. The molecule has 0 fully saturated rings. The SMILES string of the molecule is CCCCCCCC[PH](C)(CCCCCCCC)CCCCCCCC.O=C(O)O. The smallest absolute Gasteiger partial charge is 0.450 e. The first kappa shape index (κ1) is 31.9. The maximum atomic E-state index is 8.56. The minimum Gasteiger partial charge on any atom is -0.450 e. The van der Waals surface area contributed by atoms with Crippen LogP contribution in [0, 0.1) is 0 Å². The Labute approximate surface area is 190 Å². The topological polar surface area (TPSA) is 57.5 Å². The summed E-state index contributed by atoms with van der Waals surface area (Å²) in [6, 6.07) is 0. The van der Waals surface area contributed by atoms with Crippen LogP contribution in [0.25, 0.3) is 0 Å². The Kier molecular flexibility index (Phi) is 26.5. The molecule has 0 aromatic carbocycles. The van der Waals surface area contributed by atoms with Crippen LogP contribution < -0.4 is 0 Å². The number of carboxylic acid groups (broad SMARTS) is 2. The second-order valence-corrected chi connectivity index (χ2v) is 14.8. The molecule has 0 heterocycles. The number of rotatable bonds is 21. The normalized spacial score (nSPS) is 11.7. The molecule has 0 aliphatic heterocycles. The summed E-state index contributed by atoms with van der Waals surface area (Å²) in [6.45, 7) is 9.73. The van der Waals surface area contributed by atoms with Crippen molar-refractivity contribution in [1.82, 2.24) is 0 Å². The Hall–Kier alpha value is -0.300. The van der Waals surface area contributed by atoms with Crippen LogP contribution in [0.3, 0.4) is 0 Å². The van der Waals surface area contributed by atoms with E-state index in [2.05, 4.69) is 27.4 Å². The minimum atomic E-state index is -1.83. The van der Waals surface area contributed by atoms with Gasteiger partial charge in [0, 0.05) is 0 Å². The fourth-order valence-electron chi connectivity index (χ4n) is 4.37. The van der Waals surface area contributed by atoms with Gasteiger partial charge in [-0.3, -0.25) is 0 Å². The Balaban J connectivity index is 0. The Morgan fingerprint density at radius 2 is 0.700 bits per heavy atom.